The average Bonchev–Trinajstić information content (AvgIpc) is 2.76. The van der Waals surface area contributed by atoms with Crippen molar-refractivity contribution in [2.45, 2.75) is 110 Å². The van der Waals surface area contributed by atoms with Gasteiger partial charge in [0.05, 0.1) is 44.8 Å². The summed E-state index contributed by atoms with van der Waals surface area (Å²) in [6, 6.07) is 4.02. The molecule has 0 aromatic rings. The number of hydrogen-bond donors (Lipinski definition) is 0. The number of rotatable bonds is 23. The standard InChI is InChI=1S/C24H43N2O3PS/c1-2-3-4-5-6-7-8-9-10-11-12-13-14-15-16-17-22-27-30(31,28-23-18-20-25)29-24-19-21-26/h9-10H,2-8,11-19,22-24H2,1H3. The maximum atomic E-state index is 8.63. The van der Waals surface area contributed by atoms with E-state index in [4.69, 9.17) is 35.9 Å². The summed E-state index contributed by atoms with van der Waals surface area (Å²) in [7, 11) is 0. The molecule has 0 aliphatic rings. The molecule has 0 bridgehead atoms. The van der Waals surface area contributed by atoms with Gasteiger partial charge in [0.2, 0.25) is 0 Å². The third-order valence-electron chi connectivity index (χ3n) is 4.83. The first-order valence-electron chi connectivity index (χ1n) is 12.1. The van der Waals surface area contributed by atoms with Crippen LogP contribution in [0.1, 0.15) is 110 Å². The SMILES string of the molecule is CCCCCCCCC=CCCCCCCCCOP(=S)(OCCC#N)OCCC#N. The molecule has 0 unspecified atom stereocenters. The Balaban J connectivity index is 3.60. The zero-order valence-electron chi connectivity index (χ0n) is 19.6. The molecule has 0 atom stereocenters. The molecule has 0 aliphatic carbocycles. The van der Waals surface area contributed by atoms with E-state index in [-0.39, 0.29) is 26.1 Å². The molecule has 0 N–H and O–H groups in total. The van der Waals surface area contributed by atoms with E-state index in [0.717, 1.165) is 12.8 Å². The Morgan fingerprint density at radius 3 is 1.55 bits per heavy atom. The summed E-state index contributed by atoms with van der Waals surface area (Å²) in [5.41, 5.74) is 0. The molecule has 0 saturated heterocycles. The first-order chi connectivity index (χ1) is 15.2. The number of nitrogens with zero attached hydrogens (tertiary/aromatic N) is 2. The summed E-state index contributed by atoms with van der Waals surface area (Å²) in [6.07, 6.45) is 22.8. The molecule has 7 heteroatoms. The van der Waals surface area contributed by atoms with Gasteiger partial charge in [-0.2, -0.15) is 10.5 Å². The number of hydrogen-bond acceptors (Lipinski definition) is 6. The van der Waals surface area contributed by atoms with E-state index < -0.39 is 6.72 Å². The van der Waals surface area contributed by atoms with Crippen LogP contribution < -0.4 is 0 Å². The number of allylic oxidation sites excluding steroid dienone is 2. The van der Waals surface area contributed by atoms with Gasteiger partial charge in [0.25, 0.3) is 0 Å². The van der Waals surface area contributed by atoms with Crippen molar-refractivity contribution in [2.24, 2.45) is 0 Å². The number of unbranched alkanes of at least 4 members (excludes halogenated alkanes) is 12. The Morgan fingerprint density at radius 2 is 1.06 bits per heavy atom. The van der Waals surface area contributed by atoms with Crippen LogP contribution in [0, 0.1) is 22.7 Å². The van der Waals surface area contributed by atoms with Gasteiger partial charge in [0, 0.05) is 0 Å². The third-order valence-corrected chi connectivity index (χ3v) is 7.28. The van der Waals surface area contributed by atoms with Gasteiger partial charge in [0.15, 0.2) is 0 Å². The van der Waals surface area contributed by atoms with Gasteiger partial charge < -0.3 is 13.6 Å². The molecule has 0 aromatic heterocycles. The van der Waals surface area contributed by atoms with Crippen LogP contribution >= 0.6 is 6.72 Å². The Labute approximate surface area is 196 Å². The monoisotopic (exact) mass is 470 g/mol. The van der Waals surface area contributed by atoms with Crippen LogP contribution in [-0.2, 0) is 25.4 Å². The Morgan fingerprint density at radius 1 is 0.645 bits per heavy atom. The highest BCUT2D eigenvalue weighted by Crippen LogP contribution is 2.50. The molecule has 0 aromatic carbocycles. The van der Waals surface area contributed by atoms with Crippen molar-refractivity contribution >= 4 is 18.5 Å². The summed E-state index contributed by atoms with van der Waals surface area (Å²) < 4.78 is 16.7. The molecule has 0 fully saturated rings. The van der Waals surface area contributed by atoms with Crippen LogP contribution in [0.15, 0.2) is 12.2 Å². The topological polar surface area (TPSA) is 75.3 Å². The zero-order chi connectivity index (χ0) is 22.9. The third kappa shape index (κ3) is 22.2. The summed E-state index contributed by atoms with van der Waals surface area (Å²) in [6.45, 7) is 0.319. The zero-order valence-corrected chi connectivity index (χ0v) is 21.3. The van der Waals surface area contributed by atoms with E-state index >= 15 is 0 Å². The van der Waals surface area contributed by atoms with Crippen LogP contribution in [0.25, 0.3) is 0 Å². The van der Waals surface area contributed by atoms with E-state index in [2.05, 4.69) is 19.1 Å². The van der Waals surface area contributed by atoms with Gasteiger partial charge in [-0.3, -0.25) is 0 Å². The molecule has 0 heterocycles. The lowest BCUT2D eigenvalue weighted by atomic mass is 10.1. The van der Waals surface area contributed by atoms with Crippen LogP contribution in [0.5, 0.6) is 0 Å². The minimum Gasteiger partial charge on any atom is -0.309 e. The fraction of sp³-hybridized carbons (Fsp3) is 0.833. The lowest BCUT2D eigenvalue weighted by molar-refractivity contribution is 0.158. The molecule has 5 nitrogen and oxygen atoms in total. The average molecular weight is 471 g/mol. The summed E-state index contributed by atoms with van der Waals surface area (Å²) in [4.78, 5) is 0. The van der Waals surface area contributed by atoms with Crippen molar-refractivity contribution in [2.75, 3.05) is 19.8 Å². The molecule has 178 valence electrons. The second-order valence-corrected chi connectivity index (χ2v) is 10.7. The van der Waals surface area contributed by atoms with Crippen molar-refractivity contribution in [3.05, 3.63) is 12.2 Å². The maximum Gasteiger partial charge on any atom is 0.327 e. The first kappa shape index (κ1) is 30.2. The van der Waals surface area contributed by atoms with Gasteiger partial charge >= 0.3 is 6.72 Å². The predicted octanol–water partition coefficient (Wildman–Crippen LogP) is 8.13. The van der Waals surface area contributed by atoms with E-state index in [9.17, 15) is 0 Å². The van der Waals surface area contributed by atoms with Crippen molar-refractivity contribution in [3.8, 4) is 12.1 Å². The molecule has 0 spiro atoms. The minimum atomic E-state index is -2.85. The number of nitriles is 2. The first-order valence-corrected chi connectivity index (χ1v) is 14.7. The molecule has 0 aliphatic heterocycles. The van der Waals surface area contributed by atoms with Crippen molar-refractivity contribution in [3.63, 3.8) is 0 Å². The second kappa shape index (κ2) is 23.9. The Kier molecular flexibility index (Phi) is 23.3. The largest absolute Gasteiger partial charge is 0.327 e. The van der Waals surface area contributed by atoms with Crippen LogP contribution in [0.3, 0.4) is 0 Å². The Hall–Kier alpha value is -0.750. The summed E-state index contributed by atoms with van der Waals surface area (Å²) in [5.74, 6) is 0. The van der Waals surface area contributed by atoms with Gasteiger partial charge in [-0.05, 0) is 43.9 Å². The normalized spacial score (nSPS) is 11.6. The molecule has 0 saturated carbocycles. The molecular weight excluding hydrogens is 427 g/mol. The van der Waals surface area contributed by atoms with Crippen molar-refractivity contribution < 1.29 is 13.6 Å². The molecular formula is C24H43N2O3PS. The second-order valence-electron chi connectivity index (χ2n) is 7.70. The highest BCUT2D eigenvalue weighted by molar-refractivity contribution is 8.07. The van der Waals surface area contributed by atoms with E-state index in [1.54, 1.807) is 0 Å². The smallest absolute Gasteiger partial charge is 0.309 e. The molecule has 31 heavy (non-hydrogen) atoms. The van der Waals surface area contributed by atoms with E-state index in [0.29, 0.717) is 6.61 Å². The maximum absolute atomic E-state index is 8.63. The fourth-order valence-corrected chi connectivity index (χ4v) is 4.92. The van der Waals surface area contributed by atoms with Gasteiger partial charge in [0.1, 0.15) is 0 Å². The van der Waals surface area contributed by atoms with Crippen LogP contribution in [0.2, 0.25) is 0 Å². The summed E-state index contributed by atoms with van der Waals surface area (Å²) in [5, 5.41) is 17.3. The van der Waals surface area contributed by atoms with Gasteiger partial charge in [-0.1, -0.05) is 76.9 Å². The highest BCUT2D eigenvalue weighted by atomic mass is 32.5. The fourth-order valence-electron chi connectivity index (χ4n) is 3.04. The predicted molar refractivity (Wildman–Crippen MR) is 132 cm³/mol. The minimum absolute atomic E-state index is 0.202. The summed E-state index contributed by atoms with van der Waals surface area (Å²) >= 11 is 5.36. The Bertz CT molecular complexity index is 534. The van der Waals surface area contributed by atoms with Gasteiger partial charge in [-0.25, -0.2) is 0 Å². The quantitative estimate of drug-likeness (QED) is 0.0852. The lowest BCUT2D eigenvalue weighted by Crippen LogP contribution is -2.03. The van der Waals surface area contributed by atoms with Crippen LogP contribution in [-0.4, -0.2) is 19.8 Å². The van der Waals surface area contributed by atoms with Crippen LogP contribution in [0.4, 0.5) is 0 Å². The molecule has 0 radical (unpaired) electrons. The van der Waals surface area contributed by atoms with E-state index in [1.807, 2.05) is 12.1 Å². The van der Waals surface area contributed by atoms with E-state index in [1.165, 1.54) is 77.0 Å². The van der Waals surface area contributed by atoms with Gasteiger partial charge in [-0.15, -0.1) is 0 Å². The lowest BCUT2D eigenvalue weighted by Gasteiger charge is -2.21. The molecule has 0 amide bonds. The van der Waals surface area contributed by atoms with Crippen molar-refractivity contribution in [1.29, 1.82) is 10.5 Å². The molecule has 0 rings (SSSR count). The van der Waals surface area contributed by atoms with Crippen molar-refractivity contribution in [1.82, 2.24) is 0 Å². The highest BCUT2D eigenvalue weighted by Gasteiger charge is 2.20.